The van der Waals surface area contributed by atoms with Crippen LogP contribution in [0.5, 0.6) is 0 Å². The van der Waals surface area contributed by atoms with Crippen LogP contribution in [0.2, 0.25) is 72.5 Å². The Morgan fingerprint density at radius 3 is 1.43 bits per heavy atom. The van der Waals surface area contributed by atoms with Crippen LogP contribution in [0.1, 0.15) is 187 Å². The van der Waals surface area contributed by atoms with Gasteiger partial charge in [-0.1, -0.05) is 122 Å². The minimum Gasteiger partial charge on any atom is -0.466 e. The van der Waals surface area contributed by atoms with Gasteiger partial charge in [0.2, 0.25) is 0 Å². The summed E-state index contributed by atoms with van der Waals surface area (Å²) in [5.41, 5.74) is 2.08. The fraction of sp³-hybridized carbons (Fsp3) is 0.947. The number of rotatable bonds is 16. The lowest BCUT2D eigenvalue weighted by atomic mass is 9.60. The van der Waals surface area contributed by atoms with Crippen molar-refractivity contribution in [3.63, 3.8) is 0 Å². The first kappa shape index (κ1) is 63.8. The lowest BCUT2D eigenvalue weighted by Crippen LogP contribution is -2.50. The largest absolute Gasteiger partial charge is 0.466 e. The first-order valence-corrected chi connectivity index (χ1v) is 40.5. The number of alkyl halides is 2. The topological polar surface area (TPSA) is 63.2 Å². The Hall–Kier alpha value is 0.498. The van der Waals surface area contributed by atoms with Crippen molar-refractivity contribution >= 4 is 62.4 Å². The number of ether oxygens (including phenoxy) is 1. The van der Waals surface area contributed by atoms with Crippen molar-refractivity contribution in [1.29, 1.82) is 0 Å². The second-order valence-electron chi connectivity index (χ2n) is 29.3. The van der Waals surface area contributed by atoms with E-state index >= 15 is 0 Å². The standard InChI is InChI=1S/C30H58O4Si2.C26H52O2Si2.CH2Cl2/c1-13-32-26(31)23-21-30(23,19-20-33-35(9,10)27(2,3)4)25-17-16-22-24(15-14-18-29(22,25)8)34-36(11,12)28(5,6)7;1-20(17-19-27-29(9,10)24(2,3)4)21-15-16-22-23(14-13-18-26(21,22)8)28-30(11,12)25(5,6)7;2-1-3/h22-25H,13-21H2,1-12H3;21-23H,1,13-19H2,2-12H3;1H2/t22?,23?,24-,25-,29-,30?;21-,22?,23+,26-;/m01./s1. The summed E-state index contributed by atoms with van der Waals surface area (Å²) >= 11 is 9.53. The van der Waals surface area contributed by atoms with Crippen LogP contribution in [-0.2, 0) is 27.2 Å². The molecular weight excluding hydrogens is 964 g/mol. The monoisotopic (exact) mass is 1070 g/mol. The molecule has 0 saturated heterocycles. The van der Waals surface area contributed by atoms with E-state index in [0.29, 0.717) is 47.9 Å². The van der Waals surface area contributed by atoms with Gasteiger partial charge in [0, 0.05) is 25.4 Å². The van der Waals surface area contributed by atoms with Gasteiger partial charge in [-0.3, -0.25) is 4.79 Å². The average molecular weight is 1080 g/mol. The van der Waals surface area contributed by atoms with Gasteiger partial charge >= 0.3 is 5.97 Å². The smallest absolute Gasteiger partial charge is 0.309 e. The van der Waals surface area contributed by atoms with Gasteiger partial charge in [0.15, 0.2) is 33.3 Å². The average Bonchev–Trinajstić information content (AvgIpc) is 3.60. The highest BCUT2D eigenvalue weighted by Crippen LogP contribution is 2.72. The van der Waals surface area contributed by atoms with Crippen molar-refractivity contribution in [2.45, 2.75) is 272 Å². The van der Waals surface area contributed by atoms with Crippen molar-refractivity contribution in [2.75, 3.05) is 25.2 Å². The first-order valence-electron chi connectivity index (χ1n) is 27.8. The van der Waals surface area contributed by atoms with E-state index in [1.165, 1.54) is 69.8 Å². The van der Waals surface area contributed by atoms with Gasteiger partial charge in [0.25, 0.3) is 0 Å². The lowest BCUT2D eigenvalue weighted by Gasteiger charge is -2.50. The molecule has 0 aromatic heterocycles. The van der Waals surface area contributed by atoms with Crippen molar-refractivity contribution in [3.8, 4) is 0 Å². The molecule has 0 N–H and O–H groups in total. The zero-order valence-electron chi connectivity index (χ0n) is 49.5. The number of carbonyl (C=O) groups excluding carboxylic acids is 1. The van der Waals surface area contributed by atoms with E-state index in [2.05, 4.69) is 156 Å². The molecule has 0 aromatic carbocycles. The van der Waals surface area contributed by atoms with Crippen molar-refractivity contribution < 1.29 is 27.2 Å². The van der Waals surface area contributed by atoms with Crippen molar-refractivity contribution in [1.82, 2.24) is 0 Å². The van der Waals surface area contributed by atoms with E-state index < -0.39 is 33.3 Å². The van der Waals surface area contributed by atoms with E-state index in [9.17, 15) is 4.79 Å². The number of hydrogen-bond acceptors (Lipinski definition) is 6. The van der Waals surface area contributed by atoms with E-state index in [-0.39, 0.29) is 48.2 Å². The third-order valence-corrected chi connectivity index (χ3v) is 39.1. The summed E-state index contributed by atoms with van der Waals surface area (Å²) in [5, 5.41) is 1.18. The number of halogens is 2. The second kappa shape index (κ2) is 23.4. The van der Waals surface area contributed by atoms with E-state index in [1.54, 1.807) is 0 Å². The maximum atomic E-state index is 13.1. The Labute approximate surface area is 442 Å². The van der Waals surface area contributed by atoms with E-state index in [4.69, 9.17) is 45.6 Å². The minimum atomic E-state index is -1.83. The molecule has 0 spiro atoms. The van der Waals surface area contributed by atoms with Crippen LogP contribution in [0, 0.1) is 45.8 Å². The van der Waals surface area contributed by atoms with Crippen LogP contribution in [0.25, 0.3) is 0 Å². The Kier molecular flexibility index (Phi) is 21.6. The number of carbonyl (C=O) groups is 1. The van der Waals surface area contributed by atoms with Gasteiger partial charge in [-0.2, -0.15) is 0 Å². The van der Waals surface area contributed by atoms with Crippen LogP contribution >= 0.6 is 23.2 Å². The second-order valence-corrected chi connectivity index (χ2v) is 49.3. The normalized spacial score (nSPS) is 32.2. The molecule has 0 aromatic rings. The van der Waals surface area contributed by atoms with Gasteiger partial charge in [-0.25, -0.2) is 0 Å². The van der Waals surface area contributed by atoms with Crippen molar-refractivity contribution in [2.24, 2.45) is 45.8 Å². The Morgan fingerprint density at radius 1 is 0.594 bits per heavy atom. The van der Waals surface area contributed by atoms with E-state index in [0.717, 1.165) is 32.5 Å². The first-order chi connectivity index (χ1) is 31.2. The molecule has 5 rings (SSSR count). The third-order valence-electron chi connectivity index (χ3n) is 21.0. The summed E-state index contributed by atoms with van der Waals surface area (Å²) in [6.07, 6.45) is 16.4. The number of hydrogen-bond donors (Lipinski definition) is 0. The van der Waals surface area contributed by atoms with Crippen LogP contribution in [0.15, 0.2) is 12.2 Å². The molecule has 406 valence electrons. The van der Waals surface area contributed by atoms with Crippen LogP contribution in [-0.4, -0.2) is 76.6 Å². The van der Waals surface area contributed by atoms with Gasteiger partial charge in [0.1, 0.15) is 0 Å². The highest BCUT2D eigenvalue weighted by molar-refractivity contribution is 6.75. The predicted molar refractivity (Wildman–Crippen MR) is 309 cm³/mol. The molecule has 5 aliphatic carbocycles. The van der Waals surface area contributed by atoms with Gasteiger partial charge in [-0.15, -0.1) is 23.2 Å². The summed E-state index contributed by atoms with van der Waals surface area (Å²) < 4.78 is 32.9. The Balaban J connectivity index is 0.000000351. The fourth-order valence-electron chi connectivity index (χ4n) is 12.5. The van der Waals surface area contributed by atoms with Crippen molar-refractivity contribution in [3.05, 3.63) is 12.2 Å². The molecule has 0 aliphatic heterocycles. The maximum absolute atomic E-state index is 13.1. The molecule has 12 heteroatoms. The summed E-state index contributed by atoms with van der Waals surface area (Å²) in [5.74, 6) is 2.56. The minimum absolute atomic E-state index is 0.0294. The predicted octanol–water partition coefficient (Wildman–Crippen LogP) is 18.6. The molecule has 5 aliphatic rings. The Bertz CT molecular complexity index is 1680. The Morgan fingerprint density at radius 2 is 1.00 bits per heavy atom. The van der Waals surface area contributed by atoms with Crippen LogP contribution < -0.4 is 0 Å². The highest BCUT2D eigenvalue weighted by atomic mass is 35.5. The SMILES string of the molecule is C=C(CCO[Si](C)(C)C(C)(C)C)[C@H]1CCC2[C@@H](O[Si](C)(C)C(C)(C)C)CCC[C@@]21C.CCOC(=O)C1CC1(CCO[Si](C)(C)C(C)(C)C)[C@H]1CCC2[C@@H](O[Si](C)(C)C(C)(C)C)CCC[C@@]21C.ClCCl. The molecule has 0 radical (unpaired) electrons. The third kappa shape index (κ3) is 14.7. The van der Waals surface area contributed by atoms with Gasteiger partial charge in [0.05, 0.1) is 17.9 Å². The molecule has 5 fully saturated rings. The fourth-order valence-corrected chi connectivity index (χ4v) is 17.4. The van der Waals surface area contributed by atoms with Gasteiger partial charge in [-0.05, 0) is 190 Å². The molecule has 4 unspecified atom stereocenters. The number of fused-ring (bicyclic) bond motifs is 2. The van der Waals surface area contributed by atoms with Crippen LogP contribution in [0.4, 0.5) is 0 Å². The summed E-state index contributed by atoms with van der Waals surface area (Å²) in [6.45, 7) is 60.8. The zero-order chi connectivity index (χ0) is 53.3. The van der Waals surface area contributed by atoms with Crippen LogP contribution in [0.3, 0.4) is 0 Å². The number of esters is 1. The molecular formula is C57H112Cl2O6Si4. The quantitative estimate of drug-likeness (QED) is 0.0664. The molecule has 5 saturated carbocycles. The van der Waals surface area contributed by atoms with E-state index in [1.807, 2.05) is 6.92 Å². The van der Waals surface area contributed by atoms with Gasteiger partial charge < -0.3 is 22.4 Å². The molecule has 0 bridgehead atoms. The molecule has 69 heavy (non-hydrogen) atoms. The zero-order valence-corrected chi connectivity index (χ0v) is 55.0. The molecule has 0 heterocycles. The summed E-state index contributed by atoms with van der Waals surface area (Å²) in [6, 6.07) is 0. The summed E-state index contributed by atoms with van der Waals surface area (Å²) in [4.78, 5) is 13.1. The molecule has 0 amide bonds. The molecule has 6 nitrogen and oxygen atoms in total. The molecule has 10 atom stereocenters. The maximum Gasteiger partial charge on any atom is 0.309 e. The highest BCUT2D eigenvalue weighted by Gasteiger charge is 2.69. The lowest BCUT2D eigenvalue weighted by molar-refractivity contribution is -0.146. The summed E-state index contributed by atoms with van der Waals surface area (Å²) in [7, 11) is -7.06.